The fourth-order valence-corrected chi connectivity index (χ4v) is 3.11. The molecule has 0 unspecified atom stereocenters. The van der Waals surface area contributed by atoms with Crippen LogP contribution in [0.3, 0.4) is 0 Å². The zero-order chi connectivity index (χ0) is 12.4. The van der Waals surface area contributed by atoms with E-state index in [1.807, 2.05) is 12.4 Å². The molecule has 0 aliphatic rings. The lowest BCUT2D eigenvalue weighted by molar-refractivity contribution is 0.952. The smallest absolute Gasteiger partial charge is 0.214 e. The molecule has 1 aromatic carbocycles. The summed E-state index contributed by atoms with van der Waals surface area (Å²) in [6, 6.07) is 4.41. The van der Waals surface area contributed by atoms with E-state index in [4.69, 9.17) is 0 Å². The standard InChI is InChI=1S/C14H14N4/c1-9-12-10(4-6-16(12)2)8-11-13(9)17(3)14-15-5-7-18(11)14/h4-8H,1-3H3. The lowest BCUT2D eigenvalue weighted by atomic mass is 10.1. The van der Waals surface area contributed by atoms with E-state index in [1.165, 1.54) is 27.5 Å². The van der Waals surface area contributed by atoms with Crippen LogP contribution in [0.1, 0.15) is 5.56 Å². The maximum Gasteiger partial charge on any atom is 0.214 e. The maximum atomic E-state index is 4.41. The van der Waals surface area contributed by atoms with E-state index in [0.29, 0.717) is 0 Å². The fraction of sp³-hybridized carbons (Fsp3) is 0.214. The molecule has 4 aromatic rings. The summed E-state index contributed by atoms with van der Waals surface area (Å²) in [5.74, 6) is 0.989. The molecule has 0 radical (unpaired) electrons. The molecule has 0 atom stereocenters. The number of nitrogens with zero attached hydrogens (tertiary/aromatic N) is 4. The highest BCUT2D eigenvalue weighted by atomic mass is 15.2. The van der Waals surface area contributed by atoms with E-state index in [1.54, 1.807) is 0 Å². The normalized spacial score (nSPS) is 12.2. The Hall–Kier alpha value is -2.23. The van der Waals surface area contributed by atoms with Gasteiger partial charge < -0.3 is 9.13 Å². The van der Waals surface area contributed by atoms with Crippen molar-refractivity contribution < 1.29 is 0 Å². The van der Waals surface area contributed by atoms with Gasteiger partial charge in [0, 0.05) is 38.1 Å². The average Bonchev–Trinajstić information content (AvgIpc) is 2.99. The van der Waals surface area contributed by atoms with Crippen molar-refractivity contribution in [2.75, 3.05) is 0 Å². The Labute approximate surface area is 104 Å². The summed E-state index contributed by atoms with van der Waals surface area (Å²) in [7, 11) is 4.17. The van der Waals surface area contributed by atoms with Gasteiger partial charge in [-0.15, -0.1) is 0 Å². The summed E-state index contributed by atoms with van der Waals surface area (Å²) in [4.78, 5) is 4.41. The molecule has 90 valence electrons. The van der Waals surface area contributed by atoms with Crippen molar-refractivity contribution in [2.24, 2.45) is 14.1 Å². The van der Waals surface area contributed by atoms with E-state index in [2.05, 4.69) is 57.9 Å². The van der Waals surface area contributed by atoms with Crippen LogP contribution >= 0.6 is 0 Å². The molecule has 0 aliphatic heterocycles. The van der Waals surface area contributed by atoms with Gasteiger partial charge in [-0.05, 0) is 24.6 Å². The van der Waals surface area contributed by atoms with Gasteiger partial charge in [0.2, 0.25) is 5.78 Å². The molecule has 4 nitrogen and oxygen atoms in total. The Morgan fingerprint density at radius 1 is 1.11 bits per heavy atom. The molecule has 0 fully saturated rings. The van der Waals surface area contributed by atoms with Crippen LogP contribution in [0.4, 0.5) is 0 Å². The van der Waals surface area contributed by atoms with E-state index in [9.17, 15) is 0 Å². The lowest BCUT2D eigenvalue weighted by Gasteiger charge is -2.05. The zero-order valence-corrected chi connectivity index (χ0v) is 10.7. The molecule has 0 spiro atoms. The van der Waals surface area contributed by atoms with Crippen LogP contribution in [0.15, 0.2) is 30.7 Å². The molecule has 3 heterocycles. The van der Waals surface area contributed by atoms with Crippen LogP contribution in [0.5, 0.6) is 0 Å². The Morgan fingerprint density at radius 2 is 1.94 bits per heavy atom. The van der Waals surface area contributed by atoms with Gasteiger partial charge in [0.25, 0.3) is 0 Å². The number of rotatable bonds is 0. The van der Waals surface area contributed by atoms with E-state index in [-0.39, 0.29) is 0 Å². The molecular weight excluding hydrogens is 224 g/mol. The third kappa shape index (κ3) is 0.944. The van der Waals surface area contributed by atoms with E-state index < -0.39 is 0 Å². The van der Waals surface area contributed by atoms with Gasteiger partial charge in [-0.1, -0.05) is 0 Å². The molecule has 18 heavy (non-hydrogen) atoms. The Kier molecular flexibility index (Phi) is 1.60. The molecule has 0 aliphatic carbocycles. The first-order valence-electron chi connectivity index (χ1n) is 6.04. The second kappa shape index (κ2) is 2.96. The number of aryl methyl sites for hydroxylation is 3. The van der Waals surface area contributed by atoms with Crippen molar-refractivity contribution in [3.63, 3.8) is 0 Å². The van der Waals surface area contributed by atoms with E-state index in [0.717, 1.165) is 5.78 Å². The zero-order valence-electron chi connectivity index (χ0n) is 10.7. The van der Waals surface area contributed by atoms with Crippen molar-refractivity contribution in [1.29, 1.82) is 0 Å². The van der Waals surface area contributed by atoms with Crippen LogP contribution < -0.4 is 0 Å². The number of hydrogen-bond donors (Lipinski definition) is 0. The second-order valence-corrected chi connectivity index (χ2v) is 4.89. The first kappa shape index (κ1) is 9.76. The van der Waals surface area contributed by atoms with Crippen molar-refractivity contribution in [2.45, 2.75) is 6.92 Å². The van der Waals surface area contributed by atoms with Gasteiger partial charge in [0.05, 0.1) is 16.6 Å². The van der Waals surface area contributed by atoms with Crippen molar-refractivity contribution in [1.82, 2.24) is 18.5 Å². The predicted octanol–water partition coefficient (Wildman–Crippen LogP) is 2.63. The molecule has 0 N–H and O–H groups in total. The van der Waals surface area contributed by atoms with Gasteiger partial charge in [-0.25, -0.2) is 4.98 Å². The van der Waals surface area contributed by atoms with Gasteiger partial charge in [-0.3, -0.25) is 4.40 Å². The minimum atomic E-state index is 0.989. The number of aromatic nitrogens is 4. The van der Waals surface area contributed by atoms with Crippen LogP contribution in [0.25, 0.3) is 27.7 Å². The van der Waals surface area contributed by atoms with Crippen LogP contribution in [0.2, 0.25) is 0 Å². The number of hydrogen-bond acceptors (Lipinski definition) is 1. The van der Waals surface area contributed by atoms with Gasteiger partial charge in [-0.2, -0.15) is 0 Å². The quantitative estimate of drug-likeness (QED) is 0.462. The molecule has 0 saturated carbocycles. The highest BCUT2D eigenvalue weighted by molar-refractivity contribution is 5.99. The summed E-state index contributed by atoms with van der Waals surface area (Å²) < 4.78 is 6.49. The summed E-state index contributed by atoms with van der Waals surface area (Å²) in [6.45, 7) is 2.18. The molecule has 0 bridgehead atoms. The van der Waals surface area contributed by atoms with Gasteiger partial charge in [0.15, 0.2) is 0 Å². The minimum Gasteiger partial charge on any atom is -0.350 e. The number of imidazole rings is 2. The first-order chi connectivity index (χ1) is 8.68. The Balaban J connectivity index is 2.40. The fourth-order valence-electron chi connectivity index (χ4n) is 3.11. The summed E-state index contributed by atoms with van der Waals surface area (Å²) >= 11 is 0. The SMILES string of the molecule is Cc1c2c(ccn2C)cc2c1n(C)c1nccn21. The highest BCUT2D eigenvalue weighted by Crippen LogP contribution is 2.29. The van der Waals surface area contributed by atoms with Gasteiger partial charge in [0.1, 0.15) is 0 Å². The van der Waals surface area contributed by atoms with Crippen molar-refractivity contribution in [3.8, 4) is 0 Å². The van der Waals surface area contributed by atoms with Crippen LogP contribution in [-0.4, -0.2) is 18.5 Å². The minimum absolute atomic E-state index is 0.989. The Bertz CT molecular complexity index is 904. The second-order valence-electron chi connectivity index (χ2n) is 4.89. The summed E-state index contributed by atoms with van der Waals surface area (Å²) in [6.07, 6.45) is 5.98. The monoisotopic (exact) mass is 238 g/mol. The summed E-state index contributed by atoms with van der Waals surface area (Å²) in [5.41, 5.74) is 5.09. The molecule has 4 rings (SSSR count). The van der Waals surface area contributed by atoms with Crippen molar-refractivity contribution in [3.05, 3.63) is 36.3 Å². The van der Waals surface area contributed by atoms with Crippen LogP contribution in [0, 0.1) is 6.92 Å². The van der Waals surface area contributed by atoms with E-state index >= 15 is 0 Å². The molecule has 3 aromatic heterocycles. The van der Waals surface area contributed by atoms with Gasteiger partial charge >= 0.3 is 0 Å². The third-order valence-electron chi connectivity index (χ3n) is 3.87. The largest absolute Gasteiger partial charge is 0.350 e. The average molecular weight is 238 g/mol. The maximum absolute atomic E-state index is 4.41. The first-order valence-corrected chi connectivity index (χ1v) is 6.04. The predicted molar refractivity (Wildman–Crippen MR) is 72.9 cm³/mol. The van der Waals surface area contributed by atoms with Crippen molar-refractivity contribution >= 4 is 27.7 Å². The molecule has 0 saturated heterocycles. The lowest BCUT2D eigenvalue weighted by Crippen LogP contribution is -1.93. The number of benzene rings is 1. The molecular formula is C14H14N4. The topological polar surface area (TPSA) is 27.2 Å². The molecule has 4 heteroatoms. The van der Waals surface area contributed by atoms with Crippen LogP contribution in [-0.2, 0) is 14.1 Å². The highest BCUT2D eigenvalue weighted by Gasteiger charge is 2.14. The number of fused-ring (bicyclic) bond motifs is 4. The Morgan fingerprint density at radius 3 is 2.78 bits per heavy atom. The summed E-state index contributed by atoms with van der Waals surface area (Å²) in [5, 5.41) is 1.28. The molecule has 0 amide bonds. The third-order valence-corrected chi connectivity index (χ3v) is 3.87.